The van der Waals surface area contributed by atoms with E-state index in [0.717, 1.165) is 12.1 Å². The number of benzene rings is 2. The first-order valence-corrected chi connectivity index (χ1v) is 7.46. The minimum absolute atomic E-state index is 0.0355. The van der Waals surface area contributed by atoms with Crippen molar-refractivity contribution >= 4 is 11.7 Å². The van der Waals surface area contributed by atoms with Gasteiger partial charge < -0.3 is 20.1 Å². The van der Waals surface area contributed by atoms with Gasteiger partial charge in [-0.2, -0.15) is 13.2 Å². The van der Waals surface area contributed by atoms with Gasteiger partial charge in [-0.25, -0.2) is 4.79 Å². The molecule has 2 N–H and O–H groups in total. The van der Waals surface area contributed by atoms with Crippen LogP contribution in [0.5, 0.6) is 11.5 Å². The molecule has 0 saturated carbocycles. The maximum atomic E-state index is 12.6. The Labute approximate surface area is 142 Å². The lowest BCUT2D eigenvalue weighted by Gasteiger charge is -2.11. The van der Waals surface area contributed by atoms with Crippen molar-refractivity contribution in [2.24, 2.45) is 0 Å². The van der Waals surface area contributed by atoms with Gasteiger partial charge in [0.2, 0.25) is 0 Å². The fourth-order valence-electron chi connectivity index (χ4n) is 1.93. The van der Waals surface area contributed by atoms with Crippen molar-refractivity contribution in [2.45, 2.75) is 13.1 Å². The summed E-state index contributed by atoms with van der Waals surface area (Å²) in [5, 5.41) is 4.71. The van der Waals surface area contributed by atoms with E-state index < -0.39 is 17.8 Å². The topological polar surface area (TPSA) is 59.6 Å². The van der Waals surface area contributed by atoms with Gasteiger partial charge in [-0.1, -0.05) is 6.07 Å². The molecule has 0 saturated heterocycles. The molecule has 2 rings (SSSR count). The Morgan fingerprint density at radius 3 is 2.28 bits per heavy atom. The number of urea groups is 1. The Kier molecular flexibility index (Phi) is 6.10. The van der Waals surface area contributed by atoms with Crippen molar-refractivity contribution in [2.75, 3.05) is 18.7 Å². The van der Waals surface area contributed by atoms with Crippen LogP contribution in [-0.2, 0) is 6.18 Å². The lowest BCUT2D eigenvalue weighted by atomic mass is 10.2. The first kappa shape index (κ1) is 18.4. The highest BCUT2D eigenvalue weighted by molar-refractivity contribution is 5.89. The van der Waals surface area contributed by atoms with Crippen LogP contribution in [-0.4, -0.2) is 19.4 Å². The zero-order valence-electron chi connectivity index (χ0n) is 13.4. The van der Waals surface area contributed by atoms with Gasteiger partial charge in [-0.05, 0) is 49.4 Å². The fraction of sp³-hybridized carbons (Fsp3) is 0.235. The van der Waals surface area contributed by atoms with Crippen LogP contribution in [0.25, 0.3) is 0 Å². The van der Waals surface area contributed by atoms with Crippen LogP contribution in [0.1, 0.15) is 12.5 Å². The molecule has 5 nitrogen and oxygen atoms in total. The van der Waals surface area contributed by atoms with Crippen LogP contribution in [0.4, 0.5) is 23.7 Å². The summed E-state index contributed by atoms with van der Waals surface area (Å²) in [6.07, 6.45) is -4.47. The Balaban J connectivity index is 1.81. The van der Waals surface area contributed by atoms with Crippen molar-refractivity contribution in [1.82, 2.24) is 5.32 Å². The maximum absolute atomic E-state index is 12.6. The second-order valence-electron chi connectivity index (χ2n) is 4.90. The molecule has 0 aromatic heterocycles. The van der Waals surface area contributed by atoms with E-state index in [-0.39, 0.29) is 12.4 Å². The number of anilines is 1. The third-order valence-electron chi connectivity index (χ3n) is 3.05. The van der Waals surface area contributed by atoms with E-state index >= 15 is 0 Å². The van der Waals surface area contributed by atoms with Crippen LogP contribution in [0.15, 0.2) is 48.5 Å². The molecule has 25 heavy (non-hydrogen) atoms. The molecule has 8 heteroatoms. The molecule has 2 amide bonds. The summed E-state index contributed by atoms with van der Waals surface area (Å²) in [7, 11) is 0. The van der Waals surface area contributed by atoms with E-state index in [2.05, 4.69) is 10.6 Å². The highest BCUT2D eigenvalue weighted by atomic mass is 19.4. The molecule has 0 radical (unpaired) electrons. The summed E-state index contributed by atoms with van der Waals surface area (Å²) < 4.78 is 48.5. The molecule has 0 heterocycles. The Bertz CT molecular complexity index is 703. The number of rotatable bonds is 6. The number of carbonyl (C=O) groups excluding carboxylic acids is 1. The fourth-order valence-corrected chi connectivity index (χ4v) is 1.93. The van der Waals surface area contributed by atoms with Gasteiger partial charge in [-0.15, -0.1) is 0 Å². The molecule has 0 unspecified atom stereocenters. The highest BCUT2D eigenvalue weighted by Gasteiger charge is 2.30. The van der Waals surface area contributed by atoms with E-state index in [1.807, 2.05) is 6.92 Å². The van der Waals surface area contributed by atoms with Crippen molar-refractivity contribution in [1.29, 1.82) is 0 Å². The van der Waals surface area contributed by atoms with Crippen LogP contribution in [0.2, 0.25) is 0 Å². The number of carbonyl (C=O) groups is 1. The molecule has 0 spiro atoms. The second kappa shape index (κ2) is 8.27. The summed E-state index contributed by atoms with van der Waals surface area (Å²) in [6, 6.07) is 10.5. The molecule has 0 aliphatic heterocycles. The summed E-state index contributed by atoms with van der Waals surface area (Å²) in [5.74, 6) is 1.22. The number of alkyl halides is 3. The number of ether oxygens (including phenoxy) is 2. The number of halogens is 3. The van der Waals surface area contributed by atoms with Gasteiger partial charge in [-0.3, -0.25) is 0 Å². The molecule has 0 fully saturated rings. The number of nitrogens with one attached hydrogen (secondary N) is 2. The minimum Gasteiger partial charge on any atom is -0.494 e. The van der Waals surface area contributed by atoms with Gasteiger partial charge in [0.15, 0.2) is 6.73 Å². The van der Waals surface area contributed by atoms with Crippen molar-refractivity contribution in [3.63, 3.8) is 0 Å². The molecule has 2 aromatic rings. The largest absolute Gasteiger partial charge is 0.494 e. The monoisotopic (exact) mass is 354 g/mol. The Morgan fingerprint density at radius 1 is 1.04 bits per heavy atom. The third-order valence-corrected chi connectivity index (χ3v) is 3.05. The van der Waals surface area contributed by atoms with Gasteiger partial charge in [0, 0.05) is 5.69 Å². The molecule has 2 aromatic carbocycles. The summed E-state index contributed by atoms with van der Waals surface area (Å²) >= 11 is 0. The SMILES string of the molecule is CCOc1ccc(OCNC(=O)Nc2cccc(C(F)(F)F)c2)cc1. The smallest absolute Gasteiger partial charge is 0.416 e. The molecule has 0 bridgehead atoms. The third kappa shape index (κ3) is 5.91. The normalized spacial score (nSPS) is 10.9. The standard InChI is InChI=1S/C17H17F3N2O3/c1-2-24-14-6-8-15(9-7-14)25-11-21-16(23)22-13-5-3-4-12(10-13)17(18,19)20/h3-10H,2,11H2,1H3,(H2,21,22,23). The number of hydrogen-bond acceptors (Lipinski definition) is 3. The zero-order valence-corrected chi connectivity index (χ0v) is 13.4. The molecule has 0 aliphatic rings. The first-order chi connectivity index (χ1) is 11.9. The van der Waals surface area contributed by atoms with Gasteiger partial charge >= 0.3 is 12.2 Å². The van der Waals surface area contributed by atoms with E-state index in [9.17, 15) is 18.0 Å². The van der Waals surface area contributed by atoms with E-state index in [1.165, 1.54) is 12.1 Å². The molecular formula is C17H17F3N2O3. The van der Waals surface area contributed by atoms with Gasteiger partial charge in [0.25, 0.3) is 0 Å². The van der Waals surface area contributed by atoms with Crippen LogP contribution < -0.4 is 20.1 Å². The van der Waals surface area contributed by atoms with E-state index in [1.54, 1.807) is 24.3 Å². The van der Waals surface area contributed by atoms with Gasteiger partial charge in [0.05, 0.1) is 12.2 Å². The predicted molar refractivity (Wildman–Crippen MR) is 86.7 cm³/mol. The number of amides is 2. The molecule has 134 valence electrons. The molecule has 0 aliphatic carbocycles. The summed E-state index contributed by atoms with van der Waals surface area (Å²) in [5.41, 5.74) is -0.802. The van der Waals surface area contributed by atoms with Crippen molar-refractivity contribution in [3.05, 3.63) is 54.1 Å². The van der Waals surface area contributed by atoms with Crippen molar-refractivity contribution < 1.29 is 27.4 Å². The molecular weight excluding hydrogens is 337 g/mol. The van der Waals surface area contributed by atoms with Crippen LogP contribution in [0, 0.1) is 0 Å². The quantitative estimate of drug-likeness (QED) is 0.762. The average Bonchev–Trinajstić information content (AvgIpc) is 2.56. The highest BCUT2D eigenvalue weighted by Crippen LogP contribution is 2.30. The summed E-state index contributed by atoms with van der Waals surface area (Å²) in [4.78, 5) is 11.7. The second-order valence-corrected chi connectivity index (χ2v) is 4.90. The minimum atomic E-state index is -4.47. The van der Waals surface area contributed by atoms with E-state index in [4.69, 9.17) is 9.47 Å². The average molecular weight is 354 g/mol. The lowest BCUT2D eigenvalue weighted by molar-refractivity contribution is -0.137. The van der Waals surface area contributed by atoms with Crippen molar-refractivity contribution in [3.8, 4) is 11.5 Å². The Morgan fingerprint density at radius 2 is 1.68 bits per heavy atom. The zero-order chi connectivity index (χ0) is 18.3. The van der Waals surface area contributed by atoms with Gasteiger partial charge in [0.1, 0.15) is 11.5 Å². The summed E-state index contributed by atoms with van der Waals surface area (Å²) in [6.45, 7) is 2.29. The Hall–Kier alpha value is -2.90. The van der Waals surface area contributed by atoms with E-state index in [0.29, 0.717) is 18.1 Å². The van der Waals surface area contributed by atoms with Crippen LogP contribution in [0.3, 0.4) is 0 Å². The lowest BCUT2D eigenvalue weighted by Crippen LogP contribution is -2.32. The molecule has 0 atom stereocenters. The van der Waals surface area contributed by atoms with Crippen LogP contribution >= 0.6 is 0 Å². The number of hydrogen-bond donors (Lipinski definition) is 2. The maximum Gasteiger partial charge on any atom is 0.416 e. The predicted octanol–water partition coefficient (Wildman–Crippen LogP) is 4.26. The first-order valence-electron chi connectivity index (χ1n) is 7.46.